The van der Waals surface area contributed by atoms with E-state index in [2.05, 4.69) is 16.0 Å². The van der Waals surface area contributed by atoms with Gasteiger partial charge in [0.1, 0.15) is 0 Å². The van der Waals surface area contributed by atoms with Crippen molar-refractivity contribution in [2.75, 3.05) is 6.61 Å². The lowest BCUT2D eigenvalue weighted by atomic mass is 10.1. The first kappa shape index (κ1) is 12.6. The van der Waals surface area contributed by atoms with Crippen LogP contribution >= 0.6 is 0 Å². The zero-order valence-corrected chi connectivity index (χ0v) is 8.97. The first-order chi connectivity index (χ1) is 8.13. The number of nitrogens with one attached hydrogen (secondary N) is 1. The third-order valence-corrected chi connectivity index (χ3v) is 1.92. The number of carbonyl (C=O) groups is 2. The van der Waals surface area contributed by atoms with Gasteiger partial charge >= 0.3 is 12.1 Å². The van der Waals surface area contributed by atoms with Crippen LogP contribution in [0.3, 0.4) is 0 Å². The van der Waals surface area contributed by atoms with Gasteiger partial charge in [0.25, 0.3) is 0 Å². The normalized spacial score (nSPS) is 9.12. The molecule has 0 aliphatic rings. The largest absolute Gasteiger partial charge is 0.478 e. The summed E-state index contributed by atoms with van der Waals surface area (Å²) in [6.45, 7) is 0.174. The Bertz CT molecular complexity index is 445. The summed E-state index contributed by atoms with van der Waals surface area (Å²) in [5.41, 5.74) is 0.969. The van der Waals surface area contributed by atoms with Crippen LogP contribution in [0.2, 0.25) is 0 Å². The van der Waals surface area contributed by atoms with Crippen LogP contribution in [-0.4, -0.2) is 23.8 Å². The smallest absolute Gasteiger partial charge is 0.408 e. The molecule has 0 radical (unpaired) electrons. The van der Waals surface area contributed by atoms with Gasteiger partial charge in [0.15, 0.2) is 6.61 Å². The fourth-order valence-electron chi connectivity index (χ4n) is 1.10. The maximum absolute atomic E-state index is 11.0. The summed E-state index contributed by atoms with van der Waals surface area (Å²) in [5, 5.41) is 11.2. The predicted molar refractivity (Wildman–Crippen MR) is 60.4 cm³/mol. The highest BCUT2D eigenvalue weighted by atomic mass is 16.5. The monoisotopic (exact) mass is 233 g/mol. The van der Waals surface area contributed by atoms with E-state index in [-0.39, 0.29) is 18.7 Å². The minimum atomic E-state index is -0.988. The van der Waals surface area contributed by atoms with E-state index in [0.717, 1.165) is 5.56 Å². The highest BCUT2D eigenvalue weighted by molar-refractivity contribution is 5.87. The molecule has 88 valence electrons. The first-order valence-electron chi connectivity index (χ1n) is 4.80. The molecule has 5 nitrogen and oxygen atoms in total. The van der Waals surface area contributed by atoms with Crippen molar-refractivity contribution < 1.29 is 19.4 Å². The van der Waals surface area contributed by atoms with E-state index >= 15 is 0 Å². The summed E-state index contributed by atoms with van der Waals surface area (Å²) in [6, 6.07) is 6.16. The van der Waals surface area contributed by atoms with Crippen LogP contribution in [0.4, 0.5) is 4.79 Å². The number of carboxylic acid groups (broad SMARTS) is 1. The highest BCUT2D eigenvalue weighted by Gasteiger charge is 2.03. The average Bonchev–Trinajstić information content (AvgIpc) is 2.34. The Morgan fingerprint density at radius 1 is 1.35 bits per heavy atom. The molecule has 0 bridgehead atoms. The highest BCUT2D eigenvalue weighted by Crippen LogP contribution is 2.04. The predicted octanol–water partition coefficient (Wildman–Crippen LogP) is 1.24. The summed E-state index contributed by atoms with van der Waals surface area (Å²) in [7, 11) is 0. The number of hydrogen-bond donors (Lipinski definition) is 2. The minimum Gasteiger partial charge on any atom is -0.478 e. The van der Waals surface area contributed by atoms with Crippen molar-refractivity contribution in [3.8, 4) is 12.3 Å². The molecular formula is C12H11NO4. The van der Waals surface area contributed by atoms with Gasteiger partial charge in [-0.3, -0.25) is 0 Å². The number of carboxylic acids is 1. The fraction of sp³-hybridized carbons (Fsp3) is 0.167. The van der Waals surface area contributed by atoms with Crippen LogP contribution in [0.25, 0.3) is 0 Å². The van der Waals surface area contributed by atoms with Crippen LogP contribution in [-0.2, 0) is 11.3 Å². The van der Waals surface area contributed by atoms with E-state index in [1.807, 2.05) is 0 Å². The number of rotatable bonds is 4. The summed E-state index contributed by atoms with van der Waals surface area (Å²) < 4.78 is 4.59. The van der Waals surface area contributed by atoms with Gasteiger partial charge in [0, 0.05) is 6.54 Å². The maximum Gasteiger partial charge on any atom is 0.408 e. The van der Waals surface area contributed by atoms with Crippen molar-refractivity contribution in [1.82, 2.24) is 5.32 Å². The molecule has 0 unspecified atom stereocenters. The van der Waals surface area contributed by atoms with Crippen LogP contribution in [0, 0.1) is 12.3 Å². The van der Waals surface area contributed by atoms with Gasteiger partial charge in [0.05, 0.1) is 5.56 Å². The molecule has 0 fully saturated rings. The zero-order valence-electron chi connectivity index (χ0n) is 8.97. The molecule has 0 heterocycles. The Morgan fingerprint density at radius 3 is 2.53 bits per heavy atom. The van der Waals surface area contributed by atoms with E-state index < -0.39 is 12.1 Å². The van der Waals surface area contributed by atoms with Crippen LogP contribution < -0.4 is 5.32 Å². The van der Waals surface area contributed by atoms with Crippen LogP contribution in [0.1, 0.15) is 15.9 Å². The molecule has 1 aromatic carbocycles. The van der Waals surface area contributed by atoms with Crippen molar-refractivity contribution in [3.05, 3.63) is 35.4 Å². The summed E-state index contributed by atoms with van der Waals surface area (Å²) >= 11 is 0. The molecule has 2 N–H and O–H groups in total. The first-order valence-corrected chi connectivity index (χ1v) is 4.80. The zero-order chi connectivity index (χ0) is 12.7. The maximum atomic E-state index is 11.0. The van der Waals surface area contributed by atoms with Gasteiger partial charge in [-0.1, -0.05) is 18.1 Å². The number of carbonyl (C=O) groups excluding carboxylic acids is 1. The van der Waals surface area contributed by atoms with Crippen molar-refractivity contribution in [2.24, 2.45) is 0 Å². The van der Waals surface area contributed by atoms with E-state index in [0.29, 0.717) is 0 Å². The quantitative estimate of drug-likeness (QED) is 0.767. The molecule has 1 rings (SSSR count). The van der Waals surface area contributed by atoms with E-state index in [1.54, 1.807) is 12.1 Å². The molecule has 0 saturated heterocycles. The topological polar surface area (TPSA) is 75.6 Å². The van der Waals surface area contributed by atoms with Crippen molar-refractivity contribution >= 4 is 12.1 Å². The Morgan fingerprint density at radius 2 is 2.00 bits per heavy atom. The van der Waals surface area contributed by atoms with E-state index in [1.165, 1.54) is 12.1 Å². The third kappa shape index (κ3) is 4.26. The summed E-state index contributed by atoms with van der Waals surface area (Å²) in [4.78, 5) is 21.6. The Labute approximate surface area is 98.4 Å². The molecular weight excluding hydrogens is 222 g/mol. The number of terminal acetylenes is 1. The lowest BCUT2D eigenvalue weighted by Crippen LogP contribution is -2.23. The second kappa shape index (κ2) is 6.18. The lowest BCUT2D eigenvalue weighted by Gasteiger charge is -2.05. The molecule has 1 aromatic rings. The number of ether oxygens (including phenoxy) is 1. The molecule has 0 atom stereocenters. The minimum absolute atomic E-state index is 0.0796. The fourth-order valence-corrected chi connectivity index (χ4v) is 1.10. The number of amides is 1. The Balaban J connectivity index is 2.45. The van der Waals surface area contributed by atoms with Crippen molar-refractivity contribution in [3.63, 3.8) is 0 Å². The summed E-state index contributed by atoms with van der Waals surface area (Å²) in [5.74, 6) is 1.18. The molecule has 0 spiro atoms. The number of benzene rings is 1. The SMILES string of the molecule is C#CCOC(=O)NCc1ccc(C(=O)O)cc1. The molecule has 0 saturated carbocycles. The average molecular weight is 233 g/mol. The van der Waals surface area contributed by atoms with Gasteiger partial charge in [-0.25, -0.2) is 9.59 Å². The van der Waals surface area contributed by atoms with Crippen LogP contribution in [0.15, 0.2) is 24.3 Å². The molecule has 0 aliphatic heterocycles. The second-order valence-corrected chi connectivity index (χ2v) is 3.14. The summed E-state index contributed by atoms with van der Waals surface area (Å²) in [6.07, 6.45) is 4.31. The number of hydrogen-bond acceptors (Lipinski definition) is 3. The Kier molecular flexibility index (Phi) is 4.58. The third-order valence-electron chi connectivity index (χ3n) is 1.92. The van der Waals surface area contributed by atoms with E-state index in [4.69, 9.17) is 11.5 Å². The van der Waals surface area contributed by atoms with Gasteiger partial charge < -0.3 is 15.2 Å². The molecule has 0 aromatic heterocycles. The molecule has 1 amide bonds. The van der Waals surface area contributed by atoms with E-state index in [9.17, 15) is 9.59 Å². The molecule has 0 aliphatic carbocycles. The van der Waals surface area contributed by atoms with Crippen molar-refractivity contribution in [2.45, 2.75) is 6.54 Å². The lowest BCUT2D eigenvalue weighted by molar-refractivity contribution is 0.0696. The van der Waals surface area contributed by atoms with Crippen LogP contribution in [0.5, 0.6) is 0 Å². The van der Waals surface area contributed by atoms with Crippen molar-refractivity contribution in [1.29, 1.82) is 0 Å². The number of aromatic carboxylic acids is 1. The molecule has 17 heavy (non-hydrogen) atoms. The Hall–Kier alpha value is -2.48. The molecule has 5 heteroatoms. The number of alkyl carbamates (subject to hydrolysis) is 1. The second-order valence-electron chi connectivity index (χ2n) is 3.14. The van der Waals surface area contributed by atoms with Gasteiger partial charge in [-0.05, 0) is 17.7 Å². The van der Waals surface area contributed by atoms with Gasteiger partial charge in [-0.2, -0.15) is 0 Å². The standard InChI is InChI=1S/C12H11NO4/c1-2-7-17-12(16)13-8-9-3-5-10(6-4-9)11(14)15/h1,3-6H,7-8H2,(H,13,16)(H,14,15). The van der Waals surface area contributed by atoms with Gasteiger partial charge in [0.2, 0.25) is 0 Å². The van der Waals surface area contributed by atoms with Gasteiger partial charge in [-0.15, -0.1) is 6.42 Å².